The van der Waals surface area contributed by atoms with Crippen molar-refractivity contribution in [1.29, 1.82) is 0 Å². The molecule has 0 saturated heterocycles. The average Bonchev–Trinajstić information content (AvgIpc) is 3.17. The van der Waals surface area contributed by atoms with E-state index in [9.17, 15) is 25.0 Å². The van der Waals surface area contributed by atoms with E-state index < -0.39 is 23.4 Å². The summed E-state index contributed by atoms with van der Waals surface area (Å²) in [5.41, 5.74) is 0.0985. The molecule has 0 unspecified atom stereocenters. The van der Waals surface area contributed by atoms with Gasteiger partial charge in [-0.05, 0) is 17.7 Å². The maximum Gasteiger partial charge on any atom is 0.332 e. The van der Waals surface area contributed by atoms with Gasteiger partial charge in [-0.3, -0.25) is 19.1 Å². The summed E-state index contributed by atoms with van der Waals surface area (Å²) < 4.78 is 3.90. The number of nitrogens with zero attached hydrogens (tertiary/aromatic N) is 5. The Morgan fingerprint density at radius 1 is 1.20 bits per heavy atom. The monoisotopic (exact) mass is 419 g/mol. The Morgan fingerprint density at radius 2 is 1.87 bits per heavy atom. The van der Waals surface area contributed by atoms with E-state index in [0.717, 1.165) is 4.57 Å². The van der Waals surface area contributed by atoms with Crippen molar-refractivity contribution in [1.82, 2.24) is 24.0 Å². The second kappa shape index (κ2) is 8.77. The quantitative estimate of drug-likeness (QED) is 0.329. The normalized spacial score (nSPS) is 13.5. The number of fused-ring (bicyclic) bond motifs is 1. The van der Waals surface area contributed by atoms with Crippen molar-refractivity contribution in [3.63, 3.8) is 0 Å². The van der Waals surface area contributed by atoms with Crippen molar-refractivity contribution in [3.05, 3.63) is 62.2 Å². The second-order valence-electron chi connectivity index (χ2n) is 6.87. The van der Waals surface area contributed by atoms with Crippen LogP contribution in [0.25, 0.3) is 11.2 Å². The molecule has 3 rings (SSSR count). The number of imidazole rings is 1. The van der Waals surface area contributed by atoms with Gasteiger partial charge in [-0.2, -0.15) is 0 Å². The summed E-state index contributed by atoms with van der Waals surface area (Å²) in [7, 11) is 2.93. The zero-order valence-corrected chi connectivity index (χ0v) is 16.5. The Bertz CT molecular complexity index is 1130. The Labute approximate surface area is 170 Å². The Balaban J connectivity index is 1.72. The van der Waals surface area contributed by atoms with Gasteiger partial charge >= 0.3 is 5.69 Å². The van der Waals surface area contributed by atoms with Gasteiger partial charge in [0, 0.05) is 27.2 Å². The van der Waals surface area contributed by atoms with Crippen LogP contribution in [-0.4, -0.2) is 53.3 Å². The van der Waals surface area contributed by atoms with Crippen LogP contribution in [0.2, 0.25) is 0 Å². The van der Waals surface area contributed by atoms with Crippen molar-refractivity contribution in [3.8, 4) is 0 Å². The lowest BCUT2D eigenvalue weighted by Gasteiger charge is -2.25. The molecule has 2 heterocycles. The van der Waals surface area contributed by atoms with Crippen molar-refractivity contribution < 1.29 is 15.4 Å². The molecule has 1 aromatic carbocycles. The number of anilines is 1. The van der Waals surface area contributed by atoms with Gasteiger partial charge in [-0.15, -0.1) is 0 Å². The number of aliphatic hydroxyl groups is 2. The third-order valence-electron chi connectivity index (χ3n) is 5.01. The number of aliphatic hydroxyl groups excluding tert-OH is 2. The van der Waals surface area contributed by atoms with E-state index in [0.29, 0.717) is 18.7 Å². The summed E-state index contributed by atoms with van der Waals surface area (Å²) >= 11 is 0. The molecule has 0 aliphatic carbocycles. The molecule has 0 radical (unpaired) electrons. The third-order valence-corrected chi connectivity index (χ3v) is 5.01. The van der Waals surface area contributed by atoms with Gasteiger partial charge in [0.05, 0.1) is 30.8 Å². The molecule has 3 aromatic rings. The topological polar surface area (TPSA) is 161 Å². The lowest BCUT2D eigenvalue weighted by atomic mass is 10.0. The number of aryl methyl sites for hydroxylation is 1. The van der Waals surface area contributed by atoms with Crippen molar-refractivity contribution in [2.45, 2.75) is 18.7 Å². The van der Waals surface area contributed by atoms with Crippen molar-refractivity contribution in [2.24, 2.45) is 14.1 Å². The van der Waals surface area contributed by atoms with E-state index in [1.54, 1.807) is 4.57 Å². The van der Waals surface area contributed by atoms with Gasteiger partial charge in [-0.25, -0.2) is 9.78 Å². The molecule has 0 bridgehead atoms. The van der Waals surface area contributed by atoms with Crippen LogP contribution >= 0.6 is 0 Å². The van der Waals surface area contributed by atoms with Gasteiger partial charge in [0.1, 0.15) is 0 Å². The largest absolute Gasteiger partial charge is 0.733 e. The molecule has 4 N–H and O–H groups in total. The second-order valence-corrected chi connectivity index (χ2v) is 6.87. The first-order valence-electron chi connectivity index (χ1n) is 9.15. The fourth-order valence-corrected chi connectivity index (χ4v) is 3.24. The first-order valence-corrected chi connectivity index (χ1v) is 9.15. The molecule has 0 amide bonds. The molecular weight excluding hydrogens is 396 g/mol. The smallest absolute Gasteiger partial charge is 0.332 e. The standard InChI is InChI=1S/C18H23N6O6/c1-21-16-14(17(27)22(2)18(21)28)23(10-20-16)8-7-19-13(9-25)15(26)11-3-5-12(6-4-11)24(29)30/h3-6,10,13,15,19,25-26,29H,7-9H2,1-2H3/q-1/t13-,15+/m0/s1. The molecular formula is C18H23N6O6-. The van der Waals surface area contributed by atoms with Gasteiger partial charge in [-0.1, -0.05) is 12.1 Å². The fourth-order valence-electron chi connectivity index (χ4n) is 3.24. The summed E-state index contributed by atoms with van der Waals surface area (Å²) in [5.74, 6) is 0. The van der Waals surface area contributed by atoms with E-state index in [-0.39, 0.29) is 28.7 Å². The van der Waals surface area contributed by atoms with E-state index >= 15 is 0 Å². The number of aromatic nitrogens is 4. The van der Waals surface area contributed by atoms with E-state index in [1.165, 1.54) is 49.3 Å². The Hall–Kier alpha value is -3.03. The summed E-state index contributed by atoms with van der Waals surface area (Å²) in [6, 6.07) is 4.92. The number of rotatable bonds is 8. The molecule has 30 heavy (non-hydrogen) atoms. The van der Waals surface area contributed by atoms with Gasteiger partial charge in [0.2, 0.25) is 0 Å². The highest BCUT2D eigenvalue weighted by atomic mass is 16.8. The maximum absolute atomic E-state index is 12.4. The molecule has 0 aliphatic heterocycles. The third kappa shape index (κ3) is 3.99. The Morgan fingerprint density at radius 3 is 2.47 bits per heavy atom. The zero-order valence-electron chi connectivity index (χ0n) is 16.5. The fraction of sp³-hybridized carbons (Fsp3) is 0.389. The van der Waals surface area contributed by atoms with Crippen LogP contribution in [0.3, 0.4) is 0 Å². The first-order chi connectivity index (χ1) is 14.3. The zero-order chi connectivity index (χ0) is 22.0. The minimum Gasteiger partial charge on any atom is -0.733 e. The Kier molecular flexibility index (Phi) is 6.34. The highest BCUT2D eigenvalue weighted by Gasteiger charge is 2.20. The van der Waals surface area contributed by atoms with Crippen LogP contribution in [0.4, 0.5) is 5.69 Å². The van der Waals surface area contributed by atoms with Crippen LogP contribution < -0.4 is 21.8 Å². The lowest BCUT2D eigenvalue weighted by Crippen LogP contribution is -2.40. The summed E-state index contributed by atoms with van der Waals surface area (Å²) in [5, 5.41) is 42.6. The van der Waals surface area contributed by atoms with E-state index in [2.05, 4.69) is 10.3 Å². The molecule has 162 valence electrons. The van der Waals surface area contributed by atoms with Gasteiger partial charge < -0.3 is 30.5 Å². The minimum atomic E-state index is -1.07. The molecule has 0 aliphatic rings. The number of hydrogen-bond donors (Lipinski definition) is 4. The predicted octanol–water partition coefficient (Wildman–Crippen LogP) is -1.19. The van der Waals surface area contributed by atoms with E-state index in [1.807, 2.05) is 0 Å². The van der Waals surface area contributed by atoms with Crippen LogP contribution in [0.15, 0.2) is 40.2 Å². The minimum absolute atomic E-state index is 0.0161. The average molecular weight is 419 g/mol. The lowest BCUT2D eigenvalue weighted by molar-refractivity contribution is 0.0897. The van der Waals surface area contributed by atoms with Crippen LogP contribution in [0.5, 0.6) is 0 Å². The van der Waals surface area contributed by atoms with Crippen LogP contribution in [-0.2, 0) is 20.6 Å². The molecule has 2 atom stereocenters. The number of nitrogens with one attached hydrogen (secondary N) is 1. The first kappa shape index (κ1) is 21.7. The molecule has 0 saturated carbocycles. The molecule has 12 heteroatoms. The highest BCUT2D eigenvalue weighted by molar-refractivity contribution is 5.69. The predicted molar refractivity (Wildman–Crippen MR) is 108 cm³/mol. The van der Waals surface area contributed by atoms with Gasteiger partial charge in [0.25, 0.3) is 5.56 Å². The van der Waals surface area contributed by atoms with Crippen molar-refractivity contribution >= 4 is 16.9 Å². The van der Waals surface area contributed by atoms with Crippen molar-refractivity contribution in [2.75, 3.05) is 18.4 Å². The van der Waals surface area contributed by atoms with E-state index in [4.69, 9.17) is 5.21 Å². The molecule has 2 aromatic heterocycles. The SMILES string of the molecule is Cn1c(=O)c2c(ncn2CCN[C@@H](CO)[C@H](O)c2ccc(N([O-])O)cc2)n(C)c1=O. The number of hydrogen-bond acceptors (Lipinski definition) is 9. The summed E-state index contributed by atoms with van der Waals surface area (Å²) in [4.78, 5) is 28.6. The molecule has 0 fully saturated rings. The highest BCUT2D eigenvalue weighted by Crippen LogP contribution is 2.20. The summed E-state index contributed by atoms with van der Waals surface area (Å²) in [6.45, 7) is 0.238. The molecule has 0 spiro atoms. The molecule has 12 nitrogen and oxygen atoms in total. The number of benzene rings is 1. The maximum atomic E-state index is 12.4. The van der Waals surface area contributed by atoms with Crippen LogP contribution in [0, 0.1) is 5.21 Å². The van der Waals surface area contributed by atoms with Crippen LogP contribution in [0.1, 0.15) is 11.7 Å². The van der Waals surface area contributed by atoms with Gasteiger partial charge in [0.15, 0.2) is 11.2 Å². The summed E-state index contributed by atoms with van der Waals surface area (Å²) in [6.07, 6.45) is 0.385.